The fourth-order valence-corrected chi connectivity index (χ4v) is 4.00. The maximum Gasteiger partial charge on any atom is 0.211 e. The van der Waals surface area contributed by atoms with Crippen LogP contribution in [0.1, 0.15) is 13.3 Å². The molecule has 1 heterocycles. The van der Waals surface area contributed by atoms with E-state index in [9.17, 15) is 8.42 Å². The minimum Gasteiger partial charge on any atom is -0.490 e. The smallest absolute Gasteiger partial charge is 0.211 e. The maximum atomic E-state index is 11.6. The zero-order chi connectivity index (χ0) is 17.2. The lowest BCUT2D eigenvalue weighted by Gasteiger charge is -2.17. The Balaban J connectivity index is 1.78. The number of nitrogens with zero attached hydrogens (tertiary/aromatic N) is 1. The number of sulfonamides is 1. The van der Waals surface area contributed by atoms with E-state index in [1.807, 2.05) is 43.3 Å². The monoisotopic (exact) mass is 349 g/mol. The quantitative estimate of drug-likeness (QED) is 0.805. The van der Waals surface area contributed by atoms with Crippen LogP contribution in [0, 0.1) is 5.92 Å². The van der Waals surface area contributed by atoms with E-state index < -0.39 is 10.0 Å². The van der Waals surface area contributed by atoms with E-state index in [1.54, 1.807) is 0 Å². The molecule has 0 N–H and O–H groups in total. The Kier molecular flexibility index (Phi) is 4.96. The van der Waals surface area contributed by atoms with Crippen molar-refractivity contribution in [1.29, 1.82) is 0 Å². The second-order valence-corrected chi connectivity index (χ2v) is 8.12. The highest BCUT2D eigenvalue weighted by molar-refractivity contribution is 7.88. The third kappa shape index (κ3) is 3.65. The standard InChI is InChI=1S/C18H23NO4S/c1-3-22-17-9-8-15-6-4-5-7-16(15)18(17)23-13-14-10-11-19(12-14)24(2,20)21/h4-9,14H,3,10-13H2,1-2H3. The number of fused-ring (bicyclic) bond motifs is 1. The lowest BCUT2D eigenvalue weighted by Crippen LogP contribution is -2.28. The van der Waals surface area contributed by atoms with Gasteiger partial charge in [0, 0.05) is 24.4 Å². The Labute approximate surface area is 143 Å². The lowest BCUT2D eigenvalue weighted by molar-refractivity contribution is 0.239. The minimum atomic E-state index is -3.12. The van der Waals surface area contributed by atoms with Gasteiger partial charge in [-0.2, -0.15) is 0 Å². The average Bonchev–Trinajstić information content (AvgIpc) is 3.03. The van der Waals surface area contributed by atoms with E-state index in [-0.39, 0.29) is 5.92 Å². The molecule has 2 aromatic carbocycles. The number of rotatable bonds is 6. The van der Waals surface area contributed by atoms with Gasteiger partial charge in [0.25, 0.3) is 0 Å². The van der Waals surface area contributed by atoms with Gasteiger partial charge in [-0.25, -0.2) is 12.7 Å². The zero-order valence-electron chi connectivity index (χ0n) is 14.1. The summed E-state index contributed by atoms with van der Waals surface area (Å²) in [6.07, 6.45) is 2.08. The Bertz CT molecular complexity index is 819. The summed E-state index contributed by atoms with van der Waals surface area (Å²) < 4.78 is 36.6. The SMILES string of the molecule is CCOc1ccc2ccccc2c1OCC1CCN(S(C)(=O)=O)C1. The second kappa shape index (κ2) is 6.99. The first-order valence-corrected chi connectivity index (χ1v) is 10.1. The number of hydrogen-bond acceptors (Lipinski definition) is 4. The fourth-order valence-electron chi connectivity index (χ4n) is 3.08. The predicted octanol–water partition coefficient (Wildman–Crippen LogP) is 2.90. The van der Waals surface area contributed by atoms with Crippen LogP contribution in [0.2, 0.25) is 0 Å². The molecule has 0 saturated carbocycles. The molecule has 130 valence electrons. The summed E-state index contributed by atoms with van der Waals surface area (Å²) in [6, 6.07) is 12.0. The average molecular weight is 349 g/mol. The largest absolute Gasteiger partial charge is 0.490 e. The van der Waals surface area contributed by atoms with Crippen molar-refractivity contribution >= 4 is 20.8 Å². The molecule has 1 atom stereocenters. The minimum absolute atomic E-state index is 0.202. The summed E-state index contributed by atoms with van der Waals surface area (Å²) in [5, 5.41) is 2.11. The van der Waals surface area contributed by atoms with Crippen LogP contribution in [0.25, 0.3) is 10.8 Å². The molecule has 0 aromatic heterocycles. The van der Waals surface area contributed by atoms with Crippen molar-refractivity contribution < 1.29 is 17.9 Å². The van der Waals surface area contributed by atoms with Crippen LogP contribution in [0.5, 0.6) is 11.5 Å². The first-order valence-electron chi connectivity index (χ1n) is 8.21. The van der Waals surface area contributed by atoms with Crippen molar-refractivity contribution in [2.75, 3.05) is 32.6 Å². The molecule has 24 heavy (non-hydrogen) atoms. The molecule has 2 aromatic rings. The third-order valence-electron chi connectivity index (χ3n) is 4.32. The molecule has 3 rings (SSSR count). The first-order chi connectivity index (χ1) is 11.5. The highest BCUT2D eigenvalue weighted by Crippen LogP contribution is 2.36. The van der Waals surface area contributed by atoms with E-state index in [1.165, 1.54) is 10.6 Å². The van der Waals surface area contributed by atoms with Crippen molar-refractivity contribution in [2.45, 2.75) is 13.3 Å². The topological polar surface area (TPSA) is 55.8 Å². The van der Waals surface area contributed by atoms with E-state index in [4.69, 9.17) is 9.47 Å². The Morgan fingerprint density at radius 3 is 2.67 bits per heavy atom. The number of benzene rings is 2. The van der Waals surface area contributed by atoms with Gasteiger partial charge in [-0.15, -0.1) is 0 Å². The molecule has 0 radical (unpaired) electrons. The van der Waals surface area contributed by atoms with E-state index >= 15 is 0 Å². The molecule has 0 amide bonds. The van der Waals surface area contributed by atoms with Crippen LogP contribution in [0.15, 0.2) is 36.4 Å². The van der Waals surface area contributed by atoms with Gasteiger partial charge in [0.15, 0.2) is 11.5 Å². The Hall–Kier alpha value is -1.79. The van der Waals surface area contributed by atoms with E-state index in [0.29, 0.717) is 26.3 Å². The molecule has 1 aliphatic heterocycles. The van der Waals surface area contributed by atoms with Gasteiger partial charge in [0.2, 0.25) is 10.0 Å². The van der Waals surface area contributed by atoms with Gasteiger partial charge in [-0.1, -0.05) is 30.3 Å². The van der Waals surface area contributed by atoms with Crippen LogP contribution in [0.3, 0.4) is 0 Å². The van der Waals surface area contributed by atoms with Gasteiger partial charge in [-0.05, 0) is 24.8 Å². The van der Waals surface area contributed by atoms with Gasteiger partial charge in [-0.3, -0.25) is 0 Å². The predicted molar refractivity (Wildman–Crippen MR) is 95.1 cm³/mol. The van der Waals surface area contributed by atoms with Crippen LogP contribution in [-0.4, -0.2) is 45.3 Å². The van der Waals surface area contributed by atoms with Gasteiger partial charge in [0.05, 0.1) is 19.5 Å². The Morgan fingerprint density at radius 1 is 1.17 bits per heavy atom. The molecule has 0 spiro atoms. The molecular formula is C18H23NO4S. The summed E-state index contributed by atoms with van der Waals surface area (Å²) in [4.78, 5) is 0. The zero-order valence-corrected chi connectivity index (χ0v) is 14.9. The third-order valence-corrected chi connectivity index (χ3v) is 5.59. The molecule has 0 aliphatic carbocycles. The van der Waals surface area contributed by atoms with Crippen LogP contribution >= 0.6 is 0 Å². The van der Waals surface area contributed by atoms with E-state index in [2.05, 4.69) is 0 Å². The summed E-state index contributed by atoms with van der Waals surface area (Å²) in [6.45, 7) is 4.09. The number of ether oxygens (including phenoxy) is 2. The molecule has 5 nitrogen and oxygen atoms in total. The summed E-state index contributed by atoms with van der Waals surface area (Å²) in [5.74, 6) is 1.68. The highest BCUT2D eigenvalue weighted by Gasteiger charge is 2.29. The summed E-state index contributed by atoms with van der Waals surface area (Å²) in [7, 11) is -3.12. The molecule has 6 heteroatoms. The molecule has 0 bridgehead atoms. The van der Waals surface area contributed by atoms with Crippen molar-refractivity contribution in [3.8, 4) is 11.5 Å². The summed E-state index contributed by atoms with van der Waals surface area (Å²) in [5.41, 5.74) is 0. The van der Waals surface area contributed by atoms with Crippen LogP contribution < -0.4 is 9.47 Å². The molecular weight excluding hydrogens is 326 g/mol. The molecule has 1 fully saturated rings. The number of hydrogen-bond donors (Lipinski definition) is 0. The maximum absolute atomic E-state index is 11.6. The van der Waals surface area contributed by atoms with Gasteiger partial charge < -0.3 is 9.47 Å². The van der Waals surface area contributed by atoms with Crippen molar-refractivity contribution in [3.63, 3.8) is 0 Å². The fraction of sp³-hybridized carbons (Fsp3) is 0.444. The van der Waals surface area contributed by atoms with Crippen molar-refractivity contribution in [1.82, 2.24) is 4.31 Å². The lowest BCUT2D eigenvalue weighted by atomic mass is 10.1. The molecule has 1 unspecified atom stereocenters. The van der Waals surface area contributed by atoms with Gasteiger partial charge in [0.1, 0.15) is 0 Å². The van der Waals surface area contributed by atoms with Crippen molar-refractivity contribution in [3.05, 3.63) is 36.4 Å². The van der Waals surface area contributed by atoms with Crippen molar-refractivity contribution in [2.24, 2.45) is 5.92 Å². The first kappa shape index (κ1) is 17.0. The molecule has 1 aliphatic rings. The van der Waals surface area contributed by atoms with E-state index in [0.717, 1.165) is 28.7 Å². The second-order valence-electron chi connectivity index (χ2n) is 6.13. The Morgan fingerprint density at radius 2 is 1.96 bits per heavy atom. The highest BCUT2D eigenvalue weighted by atomic mass is 32.2. The molecule has 1 saturated heterocycles. The normalized spacial score (nSPS) is 18.8. The van der Waals surface area contributed by atoms with Gasteiger partial charge >= 0.3 is 0 Å². The van der Waals surface area contributed by atoms with Crippen LogP contribution in [0.4, 0.5) is 0 Å². The summed E-state index contributed by atoms with van der Waals surface area (Å²) >= 11 is 0. The van der Waals surface area contributed by atoms with Crippen LogP contribution in [-0.2, 0) is 10.0 Å².